The van der Waals surface area contributed by atoms with Gasteiger partial charge >= 0.3 is 12.1 Å². The van der Waals surface area contributed by atoms with Crippen molar-refractivity contribution < 1.29 is 23.5 Å². The molecule has 0 aliphatic carbocycles. The zero-order chi connectivity index (χ0) is 17.9. The number of nitrogens with zero attached hydrogens (tertiary/aromatic N) is 2. The Morgan fingerprint density at radius 2 is 2.08 bits per heavy atom. The van der Waals surface area contributed by atoms with E-state index < -0.39 is 23.5 Å². The Bertz CT molecular complexity index is 656. The van der Waals surface area contributed by atoms with Crippen LogP contribution in [0.5, 0.6) is 0 Å². The number of carbonyl (C=O) groups is 2. The lowest BCUT2D eigenvalue weighted by Gasteiger charge is -2.27. The second kappa shape index (κ2) is 6.98. The molecule has 0 N–H and O–H groups in total. The largest absolute Gasteiger partial charge is 0.464 e. The van der Waals surface area contributed by atoms with Gasteiger partial charge in [0.1, 0.15) is 5.60 Å². The van der Waals surface area contributed by atoms with E-state index >= 15 is 0 Å². The van der Waals surface area contributed by atoms with E-state index in [2.05, 4.69) is 9.73 Å². The van der Waals surface area contributed by atoms with Crippen molar-refractivity contribution >= 4 is 17.8 Å². The number of carbonyl (C=O) groups excluding carboxylic acids is 2. The lowest BCUT2D eigenvalue weighted by Crippen LogP contribution is -2.35. The summed E-state index contributed by atoms with van der Waals surface area (Å²) >= 11 is 0. The highest BCUT2D eigenvalue weighted by Gasteiger charge is 2.27. The predicted molar refractivity (Wildman–Crippen MR) is 87.2 cm³/mol. The summed E-state index contributed by atoms with van der Waals surface area (Å²) in [7, 11) is 1.18. The van der Waals surface area contributed by atoms with Crippen LogP contribution in [-0.4, -0.2) is 48.5 Å². The van der Waals surface area contributed by atoms with Crippen molar-refractivity contribution in [2.75, 3.05) is 20.2 Å². The number of aliphatic imine (C=N–C) groups is 1. The lowest BCUT2D eigenvalue weighted by atomic mass is 9.94. The van der Waals surface area contributed by atoms with Gasteiger partial charge in [-0.15, -0.1) is 0 Å². The smallest absolute Gasteiger partial charge is 0.414 e. The molecule has 6 nitrogen and oxygen atoms in total. The SMILES string of the molecule is COC(=O)C1=NCC(C2=CCN(C(=O)OC(C)(C)C)C=C2)C=C1F. The van der Waals surface area contributed by atoms with E-state index in [9.17, 15) is 14.0 Å². The number of hydrogen-bond donors (Lipinski definition) is 0. The van der Waals surface area contributed by atoms with Crippen molar-refractivity contribution in [2.45, 2.75) is 26.4 Å². The van der Waals surface area contributed by atoms with Crippen molar-refractivity contribution in [3.8, 4) is 0 Å². The lowest BCUT2D eigenvalue weighted by molar-refractivity contribution is -0.132. The Balaban J connectivity index is 2.00. The van der Waals surface area contributed by atoms with Crippen molar-refractivity contribution in [1.82, 2.24) is 4.90 Å². The van der Waals surface area contributed by atoms with Gasteiger partial charge in [-0.2, -0.15) is 0 Å². The minimum atomic E-state index is -0.786. The van der Waals surface area contributed by atoms with Gasteiger partial charge in [-0.1, -0.05) is 6.08 Å². The second-order valence-corrected chi connectivity index (χ2v) is 6.45. The van der Waals surface area contributed by atoms with E-state index in [0.29, 0.717) is 6.54 Å². The first-order valence-electron chi connectivity index (χ1n) is 7.59. The summed E-state index contributed by atoms with van der Waals surface area (Å²) in [6.07, 6.45) is 6.05. The molecule has 2 rings (SSSR count). The first-order valence-corrected chi connectivity index (χ1v) is 7.59. The topological polar surface area (TPSA) is 68.2 Å². The number of dihydropyridines is 1. The van der Waals surface area contributed by atoms with Crippen LogP contribution >= 0.6 is 0 Å². The Labute approximate surface area is 140 Å². The maximum absolute atomic E-state index is 14.0. The van der Waals surface area contributed by atoms with Crippen LogP contribution in [0.15, 0.2) is 40.8 Å². The van der Waals surface area contributed by atoms with Crippen molar-refractivity contribution in [1.29, 1.82) is 0 Å². The van der Waals surface area contributed by atoms with Crippen LogP contribution in [-0.2, 0) is 14.3 Å². The molecule has 2 heterocycles. The highest BCUT2D eigenvalue weighted by Crippen LogP contribution is 2.25. The third-order valence-corrected chi connectivity index (χ3v) is 3.43. The molecule has 1 amide bonds. The van der Waals surface area contributed by atoms with Gasteiger partial charge in [0.05, 0.1) is 13.7 Å². The number of ether oxygens (including phenoxy) is 2. The Morgan fingerprint density at radius 3 is 2.58 bits per heavy atom. The van der Waals surface area contributed by atoms with Crippen LogP contribution < -0.4 is 0 Å². The average molecular weight is 336 g/mol. The normalized spacial score (nSPS) is 20.8. The van der Waals surface area contributed by atoms with Gasteiger partial charge in [-0.25, -0.2) is 14.0 Å². The minimum Gasteiger partial charge on any atom is -0.464 e. The fraction of sp³-hybridized carbons (Fsp3) is 0.471. The molecular weight excluding hydrogens is 315 g/mol. The second-order valence-electron chi connectivity index (χ2n) is 6.45. The zero-order valence-electron chi connectivity index (χ0n) is 14.2. The molecule has 0 bridgehead atoms. The van der Waals surface area contributed by atoms with Crippen LogP contribution in [0.3, 0.4) is 0 Å². The molecule has 2 aliphatic heterocycles. The van der Waals surface area contributed by atoms with Crippen LogP contribution in [0.4, 0.5) is 9.18 Å². The van der Waals surface area contributed by atoms with Crippen LogP contribution in [0.25, 0.3) is 0 Å². The number of amides is 1. The van der Waals surface area contributed by atoms with E-state index in [4.69, 9.17) is 4.74 Å². The van der Waals surface area contributed by atoms with Crippen molar-refractivity contribution in [3.63, 3.8) is 0 Å². The van der Waals surface area contributed by atoms with Gasteiger partial charge in [0.25, 0.3) is 0 Å². The summed E-state index contributed by atoms with van der Waals surface area (Å²) in [4.78, 5) is 28.7. The first-order chi connectivity index (χ1) is 11.2. The Kier molecular flexibility index (Phi) is 5.21. The van der Waals surface area contributed by atoms with E-state index in [1.54, 1.807) is 33.0 Å². The minimum absolute atomic E-state index is 0.250. The number of rotatable bonds is 2. The molecule has 2 aliphatic rings. The molecule has 0 radical (unpaired) electrons. The van der Waals surface area contributed by atoms with E-state index in [1.165, 1.54) is 18.1 Å². The molecule has 7 heteroatoms. The Morgan fingerprint density at radius 1 is 1.38 bits per heavy atom. The summed E-state index contributed by atoms with van der Waals surface area (Å²) in [6, 6.07) is 0. The van der Waals surface area contributed by atoms with Gasteiger partial charge in [-0.3, -0.25) is 9.89 Å². The first kappa shape index (κ1) is 17.9. The molecule has 0 saturated heterocycles. The number of hydrogen-bond acceptors (Lipinski definition) is 5. The third-order valence-electron chi connectivity index (χ3n) is 3.43. The number of esters is 1. The molecular formula is C17H21FN2O4. The molecule has 24 heavy (non-hydrogen) atoms. The molecule has 0 spiro atoms. The van der Waals surface area contributed by atoms with Gasteiger partial charge < -0.3 is 9.47 Å². The Hall–Kier alpha value is -2.44. The summed E-state index contributed by atoms with van der Waals surface area (Å²) in [5.74, 6) is -1.76. The summed E-state index contributed by atoms with van der Waals surface area (Å²) in [5, 5.41) is 0. The summed E-state index contributed by atoms with van der Waals surface area (Å²) in [5.41, 5.74) is -0.0227. The highest BCUT2D eigenvalue weighted by atomic mass is 19.1. The van der Waals surface area contributed by atoms with Gasteiger partial charge in [0.15, 0.2) is 11.5 Å². The molecule has 1 atom stereocenters. The predicted octanol–water partition coefficient (Wildman–Crippen LogP) is 2.77. The highest BCUT2D eigenvalue weighted by molar-refractivity contribution is 6.42. The zero-order valence-corrected chi connectivity index (χ0v) is 14.2. The molecule has 0 aromatic rings. The maximum Gasteiger partial charge on any atom is 0.414 e. The van der Waals surface area contributed by atoms with Crippen molar-refractivity contribution in [2.24, 2.45) is 10.9 Å². The number of allylic oxidation sites excluding steroid dienone is 1. The standard InChI is InChI=1S/C17H21FN2O4/c1-17(2,3)24-16(22)20-7-5-11(6-8-20)12-9-13(18)14(19-10-12)15(21)23-4/h5-7,9,12H,8,10H2,1-4H3. The average Bonchev–Trinajstić information content (AvgIpc) is 2.52. The number of halogens is 1. The van der Waals surface area contributed by atoms with E-state index in [-0.39, 0.29) is 18.2 Å². The van der Waals surface area contributed by atoms with E-state index in [0.717, 1.165) is 5.57 Å². The quantitative estimate of drug-likeness (QED) is 0.727. The summed E-state index contributed by atoms with van der Waals surface area (Å²) in [6.45, 7) is 5.98. The van der Waals surface area contributed by atoms with E-state index in [1.807, 2.05) is 6.08 Å². The monoisotopic (exact) mass is 336 g/mol. The van der Waals surface area contributed by atoms with Gasteiger partial charge in [0, 0.05) is 18.7 Å². The fourth-order valence-electron chi connectivity index (χ4n) is 2.27. The number of methoxy groups -OCH3 is 1. The molecule has 0 aromatic carbocycles. The van der Waals surface area contributed by atoms with Gasteiger partial charge in [0.2, 0.25) is 0 Å². The summed E-state index contributed by atoms with van der Waals surface area (Å²) < 4.78 is 23.7. The van der Waals surface area contributed by atoms with Crippen LogP contribution in [0.2, 0.25) is 0 Å². The molecule has 1 unspecified atom stereocenters. The van der Waals surface area contributed by atoms with Gasteiger partial charge in [-0.05, 0) is 38.5 Å². The molecule has 0 fully saturated rings. The molecule has 130 valence electrons. The molecule has 0 aromatic heterocycles. The maximum atomic E-state index is 14.0. The van der Waals surface area contributed by atoms with Crippen LogP contribution in [0, 0.1) is 5.92 Å². The van der Waals surface area contributed by atoms with Crippen molar-refractivity contribution in [3.05, 3.63) is 35.8 Å². The van der Waals surface area contributed by atoms with Crippen LogP contribution in [0.1, 0.15) is 20.8 Å². The molecule has 0 saturated carbocycles. The fourth-order valence-corrected chi connectivity index (χ4v) is 2.27. The third kappa shape index (κ3) is 4.31.